The molecule has 2 aromatic rings. The number of hydrogen-bond donors (Lipinski definition) is 1. The Morgan fingerprint density at radius 2 is 2.19 bits per heavy atom. The lowest BCUT2D eigenvalue weighted by Crippen LogP contribution is -2.17. The molecule has 106 valence electrons. The highest BCUT2D eigenvalue weighted by molar-refractivity contribution is 5.94. The van der Waals surface area contributed by atoms with Crippen LogP contribution in [0.1, 0.15) is 21.6 Å². The number of carbonyl (C=O) groups excluding carboxylic acids is 1. The largest absolute Gasteiger partial charge is 0.272 e. The Balaban J connectivity index is 2.02. The van der Waals surface area contributed by atoms with E-state index in [4.69, 9.17) is 0 Å². The summed E-state index contributed by atoms with van der Waals surface area (Å²) >= 11 is 0. The first-order valence-corrected chi connectivity index (χ1v) is 6.07. The van der Waals surface area contributed by atoms with Crippen LogP contribution in [0.5, 0.6) is 0 Å². The maximum absolute atomic E-state index is 11.7. The summed E-state index contributed by atoms with van der Waals surface area (Å²) in [5, 5.41) is 14.4. The fraction of sp³-hybridized carbons (Fsp3) is 0.0714. The molecule has 21 heavy (non-hydrogen) atoms. The second-order valence-corrected chi connectivity index (χ2v) is 4.24. The van der Waals surface area contributed by atoms with Crippen LogP contribution in [0.4, 0.5) is 5.69 Å². The highest BCUT2D eigenvalue weighted by Crippen LogP contribution is 2.11. The normalized spacial score (nSPS) is 10.5. The van der Waals surface area contributed by atoms with Gasteiger partial charge < -0.3 is 0 Å². The highest BCUT2D eigenvalue weighted by Gasteiger charge is 2.05. The summed E-state index contributed by atoms with van der Waals surface area (Å²) in [7, 11) is 0. The maximum atomic E-state index is 11.7. The van der Waals surface area contributed by atoms with Crippen molar-refractivity contribution < 1.29 is 9.72 Å². The van der Waals surface area contributed by atoms with Crippen molar-refractivity contribution in [3.05, 3.63) is 69.5 Å². The molecule has 0 atom stereocenters. The molecule has 7 nitrogen and oxygen atoms in total. The monoisotopic (exact) mass is 284 g/mol. The zero-order chi connectivity index (χ0) is 15.2. The quantitative estimate of drug-likeness (QED) is 0.528. The van der Waals surface area contributed by atoms with Crippen molar-refractivity contribution in [1.82, 2.24) is 10.4 Å². The summed E-state index contributed by atoms with van der Waals surface area (Å²) in [6.45, 7) is 1.82. The molecule has 0 fully saturated rings. The Kier molecular flexibility index (Phi) is 4.35. The van der Waals surface area contributed by atoms with Crippen LogP contribution in [0.3, 0.4) is 0 Å². The zero-order valence-electron chi connectivity index (χ0n) is 11.2. The number of nitro benzene ring substituents is 1. The van der Waals surface area contributed by atoms with Gasteiger partial charge in [0.15, 0.2) is 0 Å². The minimum Gasteiger partial charge on any atom is -0.267 e. The minimum absolute atomic E-state index is 0.0342. The molecular formula is C14H12N4O3. The van der Waals surface area contributed by atoms with Crippen molar-refractivity contribution in [2.45, 2.75) is 6.92 Å². The molecular weight excluding hydrogens is 272 g/mol. The first-order chi connectivity index (χ1) is 10.1. The van der Waals surface area contributed by atoms with Crippen molar-refractivity contribution >= 4 is 17.8 Å². The van der Waals surface area contributed by atoms with Crippen LogP contribution in [0.25, 0.3) is 0 Å². The number of aromatic nitrogens is 1. The Labute approximate surface area is 120 Å². The smallest absolute Gasteiger partial charge is 0.267 e. The van der Waals surface area contributed by atoms with Gasteiger partial charge in [-0.25, -0.2) is 5.43 Å². The number of non-ortho nitro benzene ring substituents is 1. The molecule has 0 saturated heterocycles. The van der Waals surface area contributed by atoms with Gasteiger partial charge in [0.25, 0.3) is 11.6 Å². The van der Waals surface area contributed by atoms with Crippen molar-refractivity contribution in [3.63, 3.8) is 0 Å². The summed E-state index contributed by atoms with van der Waals surface area (Å²) in [6, 6.07) is 9.30. The van der Waals surface area contributed by atoms with Gasteiger partial charge in [-0.1, -0.05) is 12.1 Å². The van der Waals surface area contributed by atoms with Crippen molar-refractivity contribution in [1.29, 1.82) is 0 Å². The molecule has 1 aromatic heterocycles. The van der Waals surface area contributed by atoms with Gasteiger partial charge in [-0.15, -0.1) is 0 Å². The number of rotatable bonds is 4. The topological polar surface area (TPSA) is 97.5 Å². The van der Waals surface area contributed by atoms with Crippen LogP contribution >= 0.6 is 0 Å². The van der Waals surface area contributed by atoms with E-state index < -0.39 is 10.8 Å². The number of nitro groups is 1. The molecule has 1 amide bonds. The van der Waals surface area contributed by atoms with Crippen molar-refractivity contribution in [3.8, 4) is 0 Å². The standard InChI is InChI=1S/C14H12N4O3/c1-10-5-6-12(9-15-10)14(19)17-16-8-11-3-2-4-13(7-11)18(20)21/h2-9H,1H3,(H,17,19)/b16-8-. The second kappa shape index (κ2) is 6.38. The van der Waals surface area contributed by atoms with E-state index in [2.05, 4.69) is 15.5 Å². The third kappa shape index (κ3) is 3.93. The van der Waals surface area contributed by atoms with Gasteiger partial charge in [-0.3, -0.25) is 19.9 Å². The van der Waals surface area contributed by atoms with Gasteiger partial charge in [0, 0.05) is 29.6 Å². The van der Waals surface area contributed by atoms with Gasteiger partial charge in [-0.05, 0) is 19.1 Å². The molecule has 0 unspecified atom stereocenters. The Morgan fingerprint density at radius 1 is 1.38 bits per heavy atom. The number of hydrogen-bond acceptors (Lipinski definition) is 5. The molecule has 0 bridgehead atoms. The van der Waals surface area contributed by atoms with E-state index in [9.17, 15) is 14.9 Å². The number of pyridine rings is 1. The molecule has 0 aliphatic heterocycles. The highest BCUT2D eigenvalue weighted by atomic mass is 16.6. The van der Waals surface area contributed by atoms with Crippen LogP contribution < -0.4 is 5.43 Å². The fourth-order valence-corrected chi connectivity index (χ4v) is 1.55. The summed E-state index contributed by atoms with van der Waals surface area (Å²) in [5.74, 6) is -0.399. The number of amides is 1. The first kappa shape index (κ1) is 14.3. The second-order valence-electron chi connectivity index (χ2n) is 4.24. The molecule has 0 aliphatic rings. The number of carbonyl (C=O) groups is 1. The summed E-state index contributed by atoms with van der Waals surface area (Å²) in [5.41, 5.74) is 4.02. The van der Waals surface area contributed by atoms with E-state index in [-0.39, 0.29) is 5.69 Å². The average molecular weight is 284 g/mol. The molecule has 0 spiro atoms. The predicted molar refractivity (Wildman–Crippen MR) is 77.1 cm³/mol. The Bertz CT molecular complexity index is 696. The summed E-state index contributed by atoms with van der Waals surface area (Å²) in [4.78, 5) is 25.9. The zero-order valence-corrected chi connectivity index (χ0v) is 11.2. The van der Waals surface area contributed by atoms with Gasteiger partial charge >= 0.3 is 0 Å². The van der Waals surface area contributed by atoms with E-state index in [0.29, 0.717) is 11.1 Å². The minimum atomic E-state index is -0.492. The van der Waals surface area contributed by atoms with E-state index >= 15 is 0 Å². The van der Waals surface area contributed by atoms with Gasteiger partial charge in [-0.2, -0.15) is 5.10 Å². The lowest BCUT2D eigenvalue weighted by molar-refractivity contribution is -0.384. The molecule has 1 N–H and O–H groups in total. The third-order valence-electron chi connectivity index (χ3n) is 2.63. The number of benzene rings is 1. The summed E-state index contributed by atoms with van der Waals surface area (Å²) < 4.78 is 0. The molecule has 0 aliphatic carbocycles. The van der Waals surface area contributed by atoms with Crippen molar-refractivity contribution in [2.75, 3.05) is 0 Å². The lowest BCUT2D eigenvalue weighted by Gasteiger charge is -1.99. The number of nitrogens with one attached hydrogen (secondary N) is 1. The molecule has 1 aromatic carbocycles. The van der Waals surface area contributed by atoms with E-state index in [0.717, 1.165) is 5.69 Å². The summed E-state index contributed by atoms with van der Waals surface area (Å²) in [6.07, 6.45) is 2.79. The lowest BCUT2D eigenvalue weighted by atomic mass is 10.2. The molecule has 0 saturated carbocycles. The van der Waals surface area contributed by atoms with E-state index in [1.807, 2.05) is 6.92 Å². The fourth-order valence-electron chi connectivity index (χ4n) is 1.55. The number of nitrogens with zero attached hydrogens (tertiary/aromatic N) is 3. The number of aryl methyl sites for hydroxylation is 1. The number of hydrazone groups is 1. The van der Waals surface area contributed by atoms with E-state index in [1.165, 1.54) is 24.5 Å². The van der Waals surface area contributed by atoms with Gasteiger partial charge in [0.05, 0.1) is 16.7 Å². The molecule has 1 heterocycles. The Hall–Kier alpha value is -3.09. The van der Waals surface area contributed by atoms with Crippen LogP contribution in [-0.2, 0) is 0 Å². The third-order valence-corrected chi connectivity index (χ3v) is 2.63. The molecule has 2 rings (SSSR count). The first-order valence-electron chi connectivity index (χ1n) is 6.07. The van der Waals surface area contributed by atoms with Crippen LogP contribution in [0.15, 0.2) is 47.7 Å². The SMILES string of the molecule is Cc1ccc(C(=O)N/N=C\c2cccc([N+](=O)[O-])c2)cn1. The Morgan fingerprint density at radius 3 is 2.86 bits per heavy atom. The van der Waals surface area contributed by atoms with Crippen LogP contribution in [-0.4, -0.2) is 22.0 Å². The molecule has 0 radical (unpaired) electrons. The maximum Gasteiger partial charge on any atom is 0.272 e. The average Bonchev–Trinajstić information content (AvgIpc) is 2.48. The predicted octanol–water partition coefficient (Wildman–Crippen LogP) is 2.06. The van der Waals surface area contributed by atoms with Crippen LogP contribution in [0.2, 0.25) is 0 Å². The van der Waals surface area contributed by atoms with Gasteiger partial charge in [0.2, 0.25) is 0 Å². The van der Waals surface area contributed by atoms with Gasteiger partial charge in [0.1, 0.15) is 0 Å². The van der Waals surface area contributed by atoms with Crippen molar-refractivity contribution in [2.24, 2.45) is 5.10 Å². The van der Waals surface area contributed by atoms with E-state index in [1.54, 1.807) is 24.3 Å². The molecule has 7 heteroatoms. The van der Waals surface area contributed by atoms with Crippen LogP contribution in [0, 0.1) is 17.0 Å².